The van der Waals surface area contributed by atoms with Gasteiger partial charge in [0.15, 0.2) is 0 Å². The SMILES string of the molecule is Cc1ccc(CC(=O)N2CCN(c3cnn4cc(-c5cnn(C)c5)ccc34)CC2)cn1. The molecule has 1 saturated heterocycles. The number of piperazine rings is 1. The molecule has 1 amide bonds. The van der Waals surface area contributed by atoms with E-state index in [0.717, 1.165) is 46.7 Å². The fraction of sp³-hybridized carbons (Fsp3) is 0.304. The van der Waals surface area contributed by atoms with Gasteiger partial charge in [0, 0.05) is 68.6 Å². The number of hydrogen-bond acceptors (Lipinski definition) is 5. The molecule has 0 atom stereocenters. The van der Waals surface area contributed by atoms with E-state index in [9.17, 15) is 4.79 Å². The molecule has 5 heterocycles. The third-order valence-corrected chi connectivity index (χ3v) is 5.84. The van der Waals surface area contributed by atoms with Crippen LogP contribution in [0.4, 0.5) is 5.69 Å². The van der Waals surface area contributed by atoms with E-state index < -0.39 is 0 Å². The normalized spacial score (nSPS) is 14.4. The lowest BCUT2D eigenvalue weighted by molar-refractivity contribution is -0.130. The summed E-state index contributed by atoms with van der Waals surface area (Å²) in [6.45, 7) is 4.96. The molecule has 0 N–H and O–H groups in total. The van der Waals surface area contributed by atoms with Crippen molar-refractivity contribution in [3.05, 3.63) is 66.5 Å². The Bertz CT molecular complexity index is 1220. The van der Waals surface area contributed by atoms with Gasteiger partial charge in [-0.1, -0.05) is 12.1 Å². The minimum absolute atomic E-state index is 0.159. The van der Waals surface area contributed by atoms with Gasteiger partial charge in [-0.3, -0.25) is 14.5 Å². The Balaban J connectivity index is 1.26. The van der Waals surface area contributed by atoms with E-state index in [-0.39, 0.29) is 5.91 Å². The minimum atomic E-state index is 0.159. The van der Waals surface area contributed by atoms with Gasteiger partial charge in [-0.25, -0.2) is 4.52 Å². The summed E-state index contributed by atoms with van der Waals surface area (Å²) in [6, 6.07) is 8.14. The second-order valence-corrected chi connectivity index (χ2v) is 8.03. The predicted molar refractivity (Wildman–Crippen MR) is 119 cm³/mol. The molecule has 5 rings (SSSR count). The molecule has 0 unspecified atom stereocenters. The Hall–Kier alpha value is -3.68. The summed E-state index contributed by atoms with van der Waals surface area (Å²) in [5.74, 6) is 0.159. The number of aryl methyl sites for hydroxylation is 2. The second kappa shape index (κ2) is 7.86. The lowest BCUT2D eigenvalue weighted by Crippen LogP contribution is -2.49. The number of anilines is 1. The molecule has 4 aromatic rings. The van der Waals surface area contributed by atoms with Crippen LogP contribution in [0.25, 0.3) is 16.6 Å². The molecule has 0 spiro atoms. The number of carbonyl (C=O) groups is 1. The van der Waals surface area contributed by atoms with Crippen LogP contribution in [0, 0.1) is 6.92 Å². The number of amides is 1. The number of fused-ring (bicyclic) bond motifs is 1. The number of nitrogens with zero attached hydrogens (tertiary/aromatic N) is 7. The zero-order valence-electron chi connectivity index (χ0n) is 17.8. The first-order valence-corrected chi connectivity index (χ1v) is 10.5. The zero-order valence-corrected chi connectivity index (χ0v) is 17.8. The van der Waals surface area contributed by atoms with Crippen LogP contribution in [0.2, 0.25) is 0 Å². The molecular formula is C23H25N7O. The van der Waals surface area contributed by atoms with Crippen LogP contribution in [0.1, 0.15) is 11.3 Å². The Morgan fingerprint density at radius 2 is 1.77 bits per heavy atom. The molecule has 1 aliphatic rings. The summed E-state index contributed by atoms with van der Waals surface area (Å²) < 4.78 is 3.71. The highest BCUT2D eigenvalue weighted by Crippen LogP contribution is 2.26. The van der Waals surface area contributed by atoms with Crippen molar-refractivity contribution in [2.24, 2.45) is 7.05 Å². The van der Waals surface area contributed by atoms with Crippen LogP contribution >= 0.6 is 0 Å². The van der Waals surface area contributed by atoms with Crippen molar-refractivity contribution < 1.29 is 4.79 Å². The summed E-state index contributed by atoms with van der Waals surface area (Å²) in [7, 11) is 1.91. The number of rotatable bonds is 4. The summed E-state index contributed by atoms with van der Waals surface area (Å²) in [5.41, 5.74) is 6.25. The summed E-state index contributed by atoms with van der Waals surface area (Å²) in [6.07, 6.45) is 10.00. The summed E-state index contributed by atoms with van der Waals surface area (Å²) in [5, 5.41) is 8.81. The molecule has 31 heavy (non-hydrogen) atoms. The van der Waals surface area contributed by atoms with Crippen LogP contribution in [0.5, 0.6) is 0 Å². The van der Waals surface area contributed by atoms with Gasteiger partial charge in [-0.15, -0.1) is 0 Å². The Labute approximate surface area is 180 Å². The largest absolute Gasteiger partial charge is 0.365 e. The molecule has 0 radical (unpaired) electrons. The third kappa shape index (κ3) is 3.88. The fourth-order valence-corrected chi connectivity index (χ4v) is 4.04. The highest BCUT2D eigenvalue weighted by Gasteiger charge is 2.23. The van der Waals surface area contributed by atoms with Crippen molar-refractivity contribution in [1.82, 2.24) is 29.3 Å². The van der Waals surface area contributed by atoms with Crippen LogP contribution in [-0.4, -0.2) is 61.4 Å². The highest BCUT2D eigenvalue weighted by atomic mass is 16.2. The van der Waals surface area contributed by atoms with Crippen molar-refractivity contribution in [2.45, 2.75) is 13.3 Å². The van der Waals surface area contributed by atoms with E-state index in [2.05, 4.69) is 32.2 Å². The van der Waals surface area contributed by atoms with Crippen LogP contribution in [0.3, 0.4) is 0 Å². The molecule has 4 aromatic heterocycles. The lowest BCUT2D eigenvalue weighted by Gasteiger charge is -2.35. The first-order valence-electron chi connectivity index (χ1n) is 10.5. The molecule has 0 aromatic carbocycles. The fourth-order valence-electron chi connectivity index (χ4n) is 4.04. The van der Waals surface area contributed by atoms with E-state index in [4.69, 9.17) is 0 Å². The standard InChI is InChI=1S/C23H25N7O/c1-17-3-4-18(12-24-17)11-23(31)29-9-7-28(8-10-29)22-14-26-30-16-19(5-6-21(22)30)20-13-25-27(2)15-20/h3-6,12-16H,7-11H2,1-2H3. The molecule has 0 saturated carbocycles. The number of hydrogen-bond donors (Lipinski definition) is 0. The van der Waals surface area contributed by atoms with Crippen molar-refractivity contribution in [3.8, 4) is 11.1 Å². The quantitative estimate of drug-likeness (QED) is 0.512. The Kier molecular flexibility index (Phi) is 4.89. The average Bonchev–Trinajstić information content (AvgIpc) is 3.41. The van der Waals surface area contributed by atoms with Crippen molar-refractivity contribution in [3.63, 3.8) is 0 Å². The summed E-state index contributed by atoms with van der Waals surface area (Å²) >= 11 is 0. The molecule has 1 aliphatic heterocycles. The van der Waals surface area contributed by atoms with E-state index in [1.54, 1.807) is 10.9 Å². The molecular weight excluding hydrogens is 390 g/mol. The van der Waals surface area contributed by atoms with Gasteiger partial charge in [-0.2, -0.15) is 10.2 Å². The first-order chi connectivity index (χ1) is 15.1. The first kappa shape index (κ1) is 19.3. The highest BCUT2D eigenvalue weighted by molar-refractivity contribution is 5.80. The van der Waals surface area contributed by atoms with E-state index in [1.807, 2.05) is 60.3 Å². The van der Waals surface area contributed by atoms with Gasteiger partial charge in [0.2, 0.25) is 5.91 Å². The van der Waals surface area contributed by atoms with E-state index in [1.165, 1.54) is 0 Å². The van der Waals surface area contributed by atoms with Gasteiger partial charge in [0.1, 0.15) is 0 Å². The van der Waals surface area contributed by atoms with Gasteiger partial charge < -0.3 is 9.80 Å². The Morgan fingerprint density at radius 3 is 2.48 bits per heavy atom. The predicted octanol–water partition coefficient (Wildman–Crippen LogP) is 2.33. The van der Waals surface area contributed by atoms with E-state index in [0.29, 0.717) is 19.5 Å². The van der Waals surface area contributed by atoms with Gasteiger partial charge in [0.25, 0.3) is 0 Å². The topological polar surface area (TPSA) is 71.6 Å². The maximum Gasteiger partial charge on any atom is 0.227 e. The van der Waals surface area contributed by atoms with E-state index >= 15 is 0 Å². The number of pyridine rings is 2. The zero-order chi connectivity index (χ0) is 21.4. The van der Waals surface area contributed by atoms with Crippen molar-refractivity contribution in [2.75, 3.05) is 31.1 Å². The average molecular weight is 416 g/mol. The third-order valence-electron chi connectivity index (χ3n) is 5.84. The lowest BCUT2D eigenvalue weighted by atomic mass is 10.1. The molecule has 8 nitrogen and oxygen atoms in total. The van der Waals surface area contributed by atoms with Crippen molar-refractivity contribution >= 4 is 17.1 Å². The maximum absolute atomic E-state index is 12.7. The second-order valence-electron chi connectivity index (χ2n) is 8.03. The van der Waals surface area contributed by atoms with Gasteiger partial charge in [-0.05, 0) is 24.6 Å². The van der Waals surface area contributed by atoms with Gasteiger partial charge in [0.05, 0.1) is 30.0 Å². The number of aromatic nitrogens is 5. The van der Waals surface area contributed by atoms with Crippen LogP contribution < -0.4 is 4.90 Å². The van der Waals surface area contributed by atoms with Crippen LogP contribution in [0.15, 0.2) is 55.2 Å². The smallest absolute Gasteiger partial charge is 0.227 e. The molecule has 158 valence electrons. The molecule has 0 aliphatic carbocycles. The minimum Gasteiger partial charge on any atom is -0.365 e. The molecule has 8 heteroatoms. The Morgan fingerprint density at radius 1 is 0.935 bits per heavy atom. The van der Waals surface area contributed by atoms with Crippen LogP contribution in [-0.2, 0) is 18.3 Å². The molecule has 1 fully saturated rings. The maximum atomic E-state index is 12.7. The number of carbonyl (C=O) groups excluding carboxylic acids is 1. The summed E-state index contributed by atoms with van der Waals surface area (Å²) in [4.78, 5) is 21.2. The van der Waals surface area contributed by atoms with Crippen molar-refractivity contribution in [1.29, 1.82) is 0 Å². The monoisotopic (exact) mass is 415 g/mol. The molecule has 0 bridgehead atoms. The van der Waals surface area contributed by atoms with Gasteiger partial charge >= 0.3 is 0 Å².